The van der Waals surface area contributed by atoms with Crippen molar-refractivity contribution in [3.05, 3.63) is 64.2 Å². The molecule has 0 aliphatic carbocycles. The average molecular weight is 374 g/mol. The van der Waals surface area contributed by atoms with Crippen molar-refractivity contribution in [2.45, 2.75) is 25.9 Å². The van der Waals surface area contributed by atoms with Crippen molar-refractivity contribution in [1.29, 1.82) is 0 Å². The van der Waals surface area contributed by atoms with Crippen LogP contribution in [-0.2, 0) is 19.5 Å². The van der Waals surface area contributed by atoms with E-state index < -0.39 is 0 Å². The summed E-state index contributed by atoms with van der Waals surface area (Å²) < 4.78 is 3.98. The van der Waals surface area contributed by atoms with E-state index in [1.165, 1.54) is 0 Å². The third-order valence-electron chi connectivity index (χ3n) is 4.33. The molecule has 0 fully saturated rings. The van der Waals surface area contributed by atoms with Crippen LogP contribution < -0.4 is 4.57 Å². The van der Waals surface area contributed by atoms with Gasteiger partial charge in [-0.15, -0.1) is 10.2 Å². The van der Waals surface area contributed by atoms with E-state index in [1.54, 1.807) is 18.2 Å². The molecule has 1 aliphatic rings. The molecule has 0 N–H and O–H groups in total. The number of carbonyl (C=O) groups excluding carboxylic acids is 1. The van der Waals surface area contributed by atoms with Gasteiger partial charge in [-0.25, -0.2) is 0 Å². The minimum absolute atomic E-state index is 0.0281. The molecule has 1 aliphatic heterocycles. The minimum Gasteiger partial charge on any atom is -0.311 e. The highest BCUT2D eigenvalue weighted by molar-refractivity contribution is 6.42. The Morgan fingerprint density at radius 1 is 1.12 bits per heavy atom. The molecule has 0 radical (unpaired) electrons. The fourth-order valence-corrected chi connectivity index (χ4v) is 3.30. The van der Waals surface area contributed by atoms with Gasteiger partial charge in [-0.2, -0.15) is 4.57 Å². The standard InChI is InChI=1S/C18H15Cl2N4O/c19-14-4-3-13(10-15(14)20)16(25)11-23-8-5-12(6-9-23)18-22-21-17-2-1-7-24(17)18/h3-6,8-10H,1-2,7,11H2/q+1. The fourth-order valence-electron chi connectivity index (χ4n) is 3.00. The molecule has 3 aromatic rings. The number of pyridine rings is 1. The minimum atomic E-state index is -0.0281. The van der Waals surface area contributed by atoms with Gasteiger partial charge in [0.25, 0.3) is 0 Å². The van der Waals surface area contributed by atoms with Crippen LogP contribution in [0.3, 0.4) is 0 Å². The molecule has 2 aromatic heterocycles. The lowest BCUT2D eigenvalue weighted by Gasteiger charge is -2.03. The maximum atomic E-state index is 12.4. The van der Waals surface area contributed by atoms with Crippen LogP contribution in [0, 0.1) is 0 Å². The molecule has 25 heavy (non-hydrogen) atoms. The van der Waals surface area contributed by atoms with Gasteiger partial charge in [0.05, 0.1) is 10.0 Å². The molecule has 0 unspecified atom stereocenters. The van der Waals surface area contributed by atoms with E-state index in [0.29, 0.717) is 15.6 Å². The zero-order valence-electron chi connectivity index (χ0n) is 13.3. The molecule has 1 aromatic carbocycles. The summed E-state index contributed by atoms with van der Waals surface area (Å²) in [5.74, 6) is 1.90. The Morgan fingerprint density at radius 3 is 2.68 bits per heavy atom. The summed E-state index contributed by atoms with van der Waals surface area (Å²) in [4.78, 5) is 12.4. The zero-order chi connectivity index (χ0) is 17.4. The van der Waals surface area contributed by atoms with E-state index in [2.05, 4.69) is 14.8 Å². The predicted molar refractivity (Wildman–Crippen MR) is 94.8 cm³/mol. The summed E-state index contributed by atoms with van der Waals surface area (Å²) >= 11 is 11.9. The van der Waals surface area contributed by atoms with Gasteiger partial charge >= 0.3 is 0 Å². The highest BCUT2D eigenvalue weighted by atomic mass is 35.5. The topological polar surface area (TPSA) is 51.7 Å². The Bertz CT molecular complexity index is 950. The number of benzene rings is 1. The summed E-state index contributed by atoms with van der Waals surface area (Å²) in [6, 6.07) is 8.83. The van der Waals surface area contributed by atoms with E-state index >= 15 is 0 Å². The Morgan fingerprint density at radius 2 is 1.92 bits per heavy atom. The van der Waals surface area contributed by atoms with E-state index in [1.807, 2.05) is 29.1 Å². The first-order valence-corrected chi connectivity index (χ1v) is 8.77. The molecule has 0 atom stereocenters. The van der Waals surface area contributed by atoms with Crippen molar-refractivity contribution in [1.82, 2.24) is 14.8 Å². The number of ketones is 1. The molecule has 126 valence electrons. The number of carbonyl (C=O) groups is 1. The first-order chi connectivity index (χ1) is 12.1. The fraction of sp³-hybridized carbons (Fsp3) is 0.222. The van der Waals surface area contributed by atoms with Crippen molar-refractivity contribution in [3.63, 3.8) is 0 Å². The van der Waals surface area contributed by atoms with Crippen LogP contribution in [-0.4, -0.2) is 20.5 Å². The molecule has 5 nitrogen and oxygen atoms in total. The summed E-state index contributed by atoms with van der Waals surface area (Å²) in [5.41, 5.74) is 1.54. The number of nitrogens with zero attached hydrogens (tertiary/aromatic N) is 4. The Balaban J connectivity index is 1.52. The predicted octanol–water partition coefficient (Wildman–Crippen LogP) is 3.37. The van der Waals surface area contributed by atoms with Crippen LogP contribution in [0.1, 0.15) is 22.6 Å². The zero-order valence-corrected chi connectivity index (χ0v) is 14.8. The number of hydrogen-bond acceptors (Lipinski definition) is 3. The van der Waals surface area contributed by atoms with Crippen LogP contribution in [0.15, 0.2) is 42.7 Å². The molecule has 0 saturated carbocycles. The highest BCUT2D eigenvalue weighted by Crippen LogP contribution is 2.23. The second kappa shape index (κ2) is 6.58. The third kappa shape index (κ3) is 3.17. The SMILES string of the molecule is O=C(C[n+]1ccc(-c2nnc3n2CCC3)cc1)c1ccc(Cl)c(Cl)c1. The first-order valence-electron chi connectivity index (χ1n) is 8.01. The molecular weight excluding hydrogens is 359 g/mol. The second-order valence-corrected chi connectivity index (χ2v) is 6.82. The summed E-state index contributed by atoms with van der Waals surface area (Å²) in [5, 5.41) is 9.33. The lowest BCUT2D eigenvalue weighted by molar-refractivity contribution is -0.683. The van der Waals surface area contributed by atoms with Gasteiger partial charge in [0.15, 0.2) is 18.2 Å². The van der Waals surface area contributed by atoms with Crippen molar-refractivity contribution in [3.8, 4) is 11.4 Å². The number of hydrogen-bond donors (Lipinski definition) is 0. The Hall–Kier alpha value is -2.24. The maximum absolute atomic E-state index is 12.4. The van der Waals surface area contributed by atoms with Crippen molar-refractivity contribution in [2.75, 3.05) is 0 Å². The van der Waals surface area contributed by atoms with Crippen molar-refractivity contribution in [2.24, 2.45) is 0 Å². The van der Waals surface area contributed by atoms with Gasteiger partial charge in [-0.1, -0.05) is 23.2 Å². The molecule has 0 bridgehead atoms. The number of halogens is 2. The molecule has 7 heteroatoms. The smallest absolute Gasteiger partial charge is 0.227 e. The average Bonchev–Trinajstić information content (AvgIpc) is 3.21. The first kappa shape index (κ1) is 16.2. The van der Waals surface area contributed by atoms with E-state index in [0.717, 1.165) is 36.6 Å². The number of aromatic nitrogens is 4. The normalized spacial score (nSPS) is 13.0. The number of aryl methyl sites for hydroxylation is 1. The monoisotopic (exact) mass is 373 g/mol. The summed E-state index contributed by atoms with van der Waals surface area (Å²) in [6.07, 6.45) is 5.85. The summed E-state index contributed by atoms with van der Waals surface area (Å²) in [7, 11) is 0. The van der Waals surface area contributed by atoms with Crippen LogP contribution in [0.5, 0.6) is 0 Å². The third-order valence-corrected chi connectivity index (χ3v) is 5.07. The van der Waals surface area contributed by atoms with Crippen molar-refractivity contribution >= 4 is 29.0 Å². The lowest BCUT2D eigenvalue weighted by atomic mass is 10.1. The number of Topliss-reactive ketones (excluding diaryl/α,β-unsaturated/α-hetero) is 1. The highest BCUT2D eigenvalue weighted by Gasteiger charge is 2.19. The molecule has 0 spiro atoms. The molecule has 0 amide bonds. The van der Waals surface area contributed by atoms with E-state index in [9.17, 15) is 4.79 Å². The largest absolute Gasteiger partial charge is 0.311 e. The van der Waals surface area contributed by atoms with E-state index in [-0.39, 0.29) is 12.3 Å². The quantitative estimate of drug-likeness (QED) is 0.520. The van der Waals surface area contributed by atoms with Crippen LogP contribution >= 0.6 is 23.2 Å². The molecular formula is C18H15Cl2N4O+. The van der Waals surface area contributed by atoms with Gasteiger partial charge in [0.1, 0.15) is 5.82 Å². The van der Waals surface area contributed by atoms with Crippen LogP contribution in [0.4, 0.5) is 0 Å². The molecule has 4 rings (SSSR count). The summed E-state index contributed by atoms with van der Waals surface area (Å²) in [6.45, 7) is 1.19. The molecule has 0 saturated heterocycles. The number of rotatable bonds is 4. The van der Waals surface area contributed by atoms with Crippen molar-refractivity contribution < 1.29 is 9.36 Å². The maximum Gasteiger partial charge on any atom is 0.227 e. The van der Waals surface area contributed by atoms with Gasteiger partial charge in [-0.3, -0.25) is 4.79 Å². The van der Waals surface area contributed by atoms with Gasteiger partial charge < -0.3 is 4.57 Å². The van der Waals surface area contributed by atoms with E-state index in [4.69, 9.17) is 23.2 Å². The Labute approximate surface area is 154 Å². The lowest BCUT2D eigenvalue weighted by Crippen LogP contribution is -2.37. The van der Waals surface area contributed by atoms with Crippen LogP contribution in [0.25, 0.3) is 11.4 Å². The molecule has 3 heterocycles. The van der Waals surface area contributed by atoms with Gasteiger partial charge in [0.2, 0.25) is 12.3 Å². The van der Waals surface area contributed by atoms with Crippen LogP contribution in [0.2, 0.25) is 10.0 Å². The van der Waals surface area contributed by atoms with Gasteiger partial charge in [-0.05, 0) is 24.6 Å². The number of fused-ring (bicyclic) bond motifs is 1. The Kier molecular flexibility index (Phi) is 4.27. The van der Waals surface area contributed by atoms with Gasteiger partial charge in [0, 0.05) is 36.2 Å². The second-order valence-electron chi connectivity index (χ2n) is 6.01.